The highest BCUT2D eigenvalue weighted by molar-refractivity contribution is 7.16. The van der Waals surface area contributed by atoms with Gasteiger partial charge in [0.15, 0.2) is 0 Å². The van der Waals surface area contributed by atoms with E-state index in [-0.39, 0.29) is 18.0 Å². The van der Waals surface area contributed by atoms with Crippen LogP contribution in [0.1, 0.15) is 74.9 Å². The van der Waals surface area contributed by atoms with Crippen molar-refractivity contribution in [2.24, 2.45) is 5.92 Å². The van der Waals surface area contributed by atoms with Crippen molar-refractivity contribution >= 4 is 45.9 Å². The third kappa shape index (κ3) is 6.27. The summed E-state index contributed by atoms with van der Waals surface area (Å²) in [5, 5.41) is 7.99. The summed E-state index contributed by atoms with van der Waals surface area (Å²) in [6.45, 7) is 4.01. The van der Waals surface area contributed by atoms with Crippen molar-refractivity contribution < 1.29 is 9.59 Å². The first-order valence-corrected chi connectivity index (χ1v) is 13.2. The van der Waals surface area contributed by atoms with Gasteiger partial charge in [0.25, 0.3) is 0 Å². The zero-order chi connectivity index (χ0) is 23.4. The third-order valence-electron chi connectivity index (χ3n) is 6.68. The van der Waals surface area contributed by atoms with Gasteiger partial charge >= 0.3 is 0 Å². The van der Waals surface area contributed by atoms with Crippen LogP contribution in [0.15, 0.2) is 24.4 Å². The Balaban J connectivity index is 1.50. The molecule has 0 bridgehead atoms. The number of amides is 2. The lowest BCUT2D eigenvalue weighted by molar-refractivity contribution is -0.124. The normalized spacial score (nSPS) is 18.4. The maximum atomic E-state index is 13.2. The van der Waals surface area contributed by atoms with E-state index in [0.717, 1.165) is 59.8 Å². The number of nitrogens with zero attached hydrogens (tertiary/aromatic N) is 2. The van der Waals surface area contributed by atoms with E-state index in [9.17, 15) is 9.59 Å². The molecule has 2 fully saturated rings. The minimum atomic E-state index is -0.458. The molecule has 0 aromatic carbocycles. The van der Waals surface area contributed by atoms with Crippen LogP contribution < -0.4 is 15.5 Å². The molecule has 33 heavy (non-hydrogen) atoms. The van der Waals surface area contributed by atoms with Crippen LogP contribution in [0.5, 0.6) is 0 Å². The maximum Gasteiger partial charge on any atom is 0.243 e. The average Bonchev–Trinajstić information content (AvgIpc) is 3.49. The molecule has 8 heteroatoms. The topological polar surface area (TPSA) is 74.3 Å². The van der Waals surface area contributed by atoms with Gasteiger partial charge in [-0.05, 0) is 57.2 Å². The van der Waals surface area contributed by atoms with E-state index < -0.39 is 6.04 Å². The molecule has 0 saturated heterocycles. The summed E-state index contributed by atoms with van der Waals surface area (Å²) in [5.74, 6) is 0.478. The predicted octanol–water partition coefficient (Wildman–Crippen LogP) is 5.86. The molecule has 2 aliphatic carbocycles. The Morgan fingerprint density at radius 2 is 2.03 bits per heavy atom. The van der Waals surface area contributed by atoms with Crippen molar-refractivity contribution in [3.8, 4) is 0 Å². The number of carbonyl (C=O) groups excluding carboxylic acids is 2. The number of halogens is 1. The van der Waals surface area contributed by atoms with Crippen molar-refractivity contribution in [2.45, 2.75) is 83.3 Å². The summed E-state index contributed by atoms with van der Waals surface area (Å²) < 4.78 is 0. The maximum absolute atomic E-state index is 13.2. The molecule has 0 radical (unpaired) electrons. The summed E-state index contributed by atoms with van der Waals surface area (Å²) in [6, 6.07) is 5.67. The minimum Gasteiger partial charge on any atom is -0.376 e. The second-order valence-corrected chi connectivity index (χ2v) is 10.9. The zero-order valence-electron chi connectivity index (χ0n) is 19.4. The average molecular weight is 489 g/mol. The molecule has 0 unspecified atom stereocenters. The van der Waals surface area contributed by atoms with Gasteiger partial charge in [-0.25, -0.2) is 0 Å². The fourth-order valence-corrected chi connectivity index (χ4v) is 5.74. The lowest BCUT2D eigenvalue weighted by atomic mass is 9.84. The zero-order valence-corrected chi connectivity index (χ0v) is 20.9. The van der Waals surface area contributed by atoms with E-state index in [0.29, 0.717) is 10.9 Å². The van der Waals surface area contributed by atoms with E-state index in [2.05, 4.69) is 22.5 Å². The molecule has 0 aliphatic heterocycles. The van der Waals surface area contributed by atoms with Crippen LogP contribution >= 0.6 is 22.9 Å². The molecule has 2 N–H and O–H groups in total. The molecule has 2 heterocycles. The molecule has 2 aromatic heterocycles. The Bertz CT molecular complexity index is 971. The van der Waals surface area contributed by atoms with Gasteiger partial charge in [-0.15, -0.1) is 11.3 Å². The van der Waals surface area contributed by atoms with Gasteiger partial charge in [-0.3, -0.25) is 19.5 Å². The van der Waals surface area contributed by atoms with E-state index in [1.165, 1.54) is 19.3 Å². The van der Waals surface area contributed by atoms with Crippen LogP contribution in [-0.2, 0) is 9.59 Å². The highest BCUT2D eigenvalue weighted by atomic mass is 35.5. The van der Waals surface area contributed by atoms with Crippen LogP contribution in [0.25, 0.3) is 0 Å². The Labute approximate surface area is 205 Å². The van der Waals surface area contributed by atoms with Crippen LogP contribution in [0, 0.1) is 12.8 Å². The molecule has 2 atom stereocenters. The lowest BCUT2D eigenvalue weighted by Crippen LogP contribution is -2.48. The monoisotopic (exact) mass is 488 g/mol. The number of aryl methyl sites for hydroxylation is 1. The van der Waals surface area contributed by atoms with Gasteiger partial charge in [-0.2, -0.15) is 0 Å². The number of hydrogen-bond acceptors (Lipinski definition) is 5. The lowest BCUT2D eigenvalue weighted by Gasteiger charge is -2.31. The van der Waals surface area contributed by atoms with Gasteiger partial charge in [0.2, 0.25) is 12.3 Å². The Morgan fingerprint density at radius 1 is 1.27 bits per heavy atom. The van der Waals surface area contributed by atoms with Gasteiger partial charge in [0.05, 0.1) is 27.4 Å². The van der Waals surface area contributed by atoms with Crippen molar-refractivity contribution in [3.63, 3.8) is 0 Å². The first-order chi connectivity index (χ1) is 15.9. The number of pyridine rings is 1. The number of thiophene rings is 1. The standard InChI is InChI=1S/C25H33ClN4O2S/c1-16-21(13-19(26)14-27-16)28-17(2)23-10-11-24(33-23)30(15-31)22(25(32)29-20-8-9-20)12-18-6-4-3-5-7-18/h10-11,13-15,17-18,20,22,28H,3-9,12H2,1-2H3,(H,29,32)/t17-,22-/m0/s1. The molecule has 2 amide bonds. The van der Waals surface area contributed by atoms with Crippen molar-refractivity contribution in [1.29, 1.82) is 0 Å². The summed E-state index contributed by atoms with van der Waals surface area (Å²) in [4.78, 5) is 32.5. The highest BCUT2D eigenvalue weighted by Gasteiger charge is 2.34. The first-order valence-electron chi connectivity index (χ1n) is 12.0. The Kier molecular flexibility index (Phi) is 7.91. The van der Waals surface area contributed by atoms with E-state index >= 15 is 0 Å². The fourth-order valence-electron chi connectivity index (χ4n) is 4.56. The van der Waals surface area contributed by atoms with Crippen LogP contribution in [0.4, 0.5) is 10.7 Å². The molecule has 4 rings (SSSR count). The van der Waals surface area contributed by atoms with Gasteiger partial charge in [0, 0.05) is 17.1 Å². The number of aromatic nitrogens is 1. The van der Waals surface area contributed by atoms with Crippen molar-refractivity contribution in [1.82, 2.24) is 10.3 Å². The molecule has 2 aliphatic rings. The van der Waals surface area contributed by atoms with Gasteiger partial charge in [-0.1, -0.05) is 43.7 Å². The van der Waals surface area contributed by atoms with Crippen molar-refractivity contribution in [2.75, 3.05) is 10.2 Å². The smallest absolute Gasteiger partial charge is 0.243 e. The van der Waals surface area contributed by atoms with Gasteiger partial charge in [0.1, 0.15) is 6.04 Å². The fraction of sp³-hybridized carbons (Fsp3) is 0.560. The Hall–Kier alpha value is -2.12. The van der Waals surface area contributed by atoms with E-state index in [4.69, 9.17) is 11.6 Å². The molecule has 2 saturated carbocycles. The number of carbonyl (C=O) groups is 2. The molecule has 6 nitrogen and oxygen atoms in total. The number of anilines is 2. The minimum absolute atomic E-state index is 0.00769. The SMILES string of the molecule is Cc1ncc(Cl)cc1N[C@@H](C)c1ccc(N(C=O)[C@@H](CC2CCCCC2)C(=O)NC2CC2)s1. The van der Waals surface area contributed by atoms with Crippen LogP contribution in [0.3, 0.4) is 0 Å². The van der Waals surface area contributed by atoms with Gasteiger partial charge < -0.3 is 10.6 Å². The summed E-state index contributed by atoms with van der Waals surface area (Å²) in [6.07, 6.45) is 11.3. The second kappa shape index (κ2) is 10.9. The predicted molar refractivity (Wildman–Crippen MR) is 135 cm³/mol. The summed E-state index contributed by atoms with van der Waals surface area (Å²) in [5.41, 5.74) is 1.76. The highest BCUT2D eigenvalue weighted by Crippen LogP contribution is 2.36. The van der Waals surface area contributed by atoms with Crippen molar-refractivity contribution in [3.05, 3.63) is 40.0 Å². The molecular formula is C25H33ClN4O2S. The number of nitrogens with one attached hydrogen (secondary N) is 2. The Morgan fingerprint density at radius 3 is 2.73 bits per heavy atom. The van der Waals surface area contributed by atoms with Crippen LogP contribution in [-0.4, -0.2) is 29.4 Å². The molecular weight excluding hydrogens is 456 g/mol. The van der Waals surface area contributed by atoms with E-state index in [1.54, 1.807) is 22.4 Å². The summed E-state index contributed by atoms with van der Waals surface area (Å²) in [7, 11) is 0. The molecule has 0 spiro atoms. The van der Waals surface area contributed by atoms with E-state index in [1.807, 2.05) is 25.1 Å². The van der Waals surface area contributed by atoms with Crippen LogP contribution in [0.2, 0.25) is 5.02 Å². The second-order valence-electron chi connectivity index (χ2n) is 9.38. The molecule has 178 valence electrons. The number of hydrogen-bond donors (Lipinski definition) is 2. The third-order valence-corrected chi connectivity index (χ3v) is 8.16. The largest absolute Gasteiger partial charge is 0.376 e. The number of rotatable bonds is 10. The molecule has 2 aromatic rings. The summed E-state index contributed by atoms with van der Waals surface area (Å²) >= 11 is 7.66. The quantitative estimate of drug-likeness (QED) is 0.411. The first kappa shape index (κ1) is 24.0.